The van der Waals surface area contributed by atoms with Crippen LogP contribution >= 0.6 is 0 Å². The highest BCUT2D eigenvalue weighted by molar-refractivity contribution is 6.10. The molecule has 0 saturated carbocycles. The Morgan fingerprint density at radius 3 is 3.06 bits per heavy atom. The summed E-state index contributed by atoms with van der Waals surface area (Å²) in [5.41, 5.74) is 2.07. The van der Waals surface area contributed by atoms with Crippen LogP contribution in [0, 0.1) is 0 Å². The first-order valence-electron chi connectivity index (χ1n) is 10.8. The number of nitrogens with one attached hydrogen (secondary N) is 1. The van der Waals surface area contributed by atoms with Crippen molar-refractivity contribution in [3.05, 3.63) is 41.9 Å². The van der Waals surface area contributed by atoms with Gasteiger partial charge in [0.1, 0.15) is 18.0 Å². The molecule has 1 N–H and O–H groups in total. The van der Waals surface area contributed by atoms with Gasteiger partial charge < -0.3 is 24.4 Å². The maximum Gasteiger partial charge on any atom is 0.263 e. The molecule has 10 nitrogen and oxygen atoms in total. The number of anilines is 3. The van der Waals surface area contributed by atoms with Gasteiger partial charge in [-0.3, -0.25) is 4.79 Å². The summed E-state index contributed by atoms with van der Waals surface area (Å²) < 4.78 is 10.3. The molecule has 2 aromatic heterocycles. The minimum atomic E-state index is -0.109. The monoisotopic (exact) mass is 435 g/mol. The fourth-order valence-corrected chi connectivity index (χ4v) is 4.32. The standard InChI is InChI=1S/C22H25N7O3/c1-3-23-22-24-11-17-20(26-22)28-9-5-8-16(28)12-29(21(17)30)15-7-4-6-14(10-15)19-25-18(13-31-2)32-27-19/h4,6-7,10-11,16H,3,5,8-9,12-13H2,1-2H3,(H,23,24,26). The summed E-state index contributed by atoms with van der Waals surface area (Å²) in [4.78, 5) is 31.1. The van der Waals surface area contributed by atoms with Crippen molar-refractivity contribution < 1.29 is 14.1 Å². The van der Waals surface area contributed by atoms with E-state index in [4.69, 9.17) is 9.26 Å². The average Bonchev–Trinajstić information content (AvgIpc) is 3.45. The molecule has 0 radical (unpaired) electrons. The highest BCUT2D eigenvalue weighted by Crippen LogP contribution is 2.34. The molecule has 1 amide bonds. The van der Waals surface area contributed by atoms with Crippen LogP contribution in [0.4, 0.5) is 17.5 Å². The second kappa shape index (κ2) is 8.54. The first kappa shape index (κ1) is 20.4. The minimum Gasteiger partial charge on any atom is -0.375 e. The lowest BCUT2D eigenvalue weighted by Gasteiger charge is -2.27. The normalized spacial score (nSPS) is 17.8. The molecule has 5 rings (SSSR count). The third kappa shape index (κ3) is 3.66. The van der Waals surface area contributed by atoms with Gasteiger partial charge in [0.05, 0.1) is 0 Å². The van der Waals surface area contributed by atoms with Gasteiger partial charge in [-0.25, -0.2) is 4.98 Å². The molecule has 3 aromatic rings. The smallest absolute Gasteiger partial charge is 0.263 e. The van der Waals surface area contributed by atoms with E-state index in [9.17, 15) is 4.79 Å². The maximum atomic E-state index is 13.6. The third-order valence-corrected chi connectivity index (χ3v) is 5.77. The molecule has 2 aliphatic heterocycles. The molecule has 1 atom stereocenters. The van der Waals surface area contributed by atoms with E-state index < -0.39 is 0 Å². The number of ether oxygens (including phenoxy) is 1. The SMILES string of the molecule is CCNc1ncc2c(n1)N1CCCC1CN(c1cccc(-c3noc(COC)n3)c1)C2=O. The molecular weight excluding hydrogens is 410 g/mol. The first-order chi connectivity index (χ1) is 15.7. The highest BCUT2D eigenvalue weighted by atomic mass is 16.5. The number of fused-ring (bicyclic) bond motifs is 3. The van der Waals surface area contributed by atoms with Gasteiger partial charge in [0.25, 0.3) is 11.8 Å². The predicted octanol–water partition coefficient (Wildman–Crippen LogP) is 2.73. The van der Waals surface area contributed by atoms with Crippen LogP contribution in [0.1, 0.15) is 36.0 Å². The van der Waals surface area contributed by atoms with E-state index >= 15 is 0 Å². The van der Waals surface area contributed by atoms with Crippen molar-refractivity contribution in [3.8, 4) is 11.4 Å². The fourth-order valence-electron chi connectivity index (χ4n) is 4.32. The molecule has 1 fully saturated rings. The van der Waals surface area contributed by atoms with Gasteiger partial charge in [0.15, 0.2) is 0 Å². The number of methoxy groups -OCH3 is 1. The quantitative estimate of drug-likeness (QED) is 0.625. The Morgan fingerprint density at radius 2 is 2.22 bits per heavy atom. The van der Waals surface area contributed by atoms with Gasteiger partial charge in [0.2, 0.25) is 11.8 Å². The van der Waals surface area contributed by atoms with Crippen LogP contribution in [0.5, 0.6) is 0 Å². The van der Waals surface area contributed by atoms with Crippen molar-refractivity contribution >= 4 is 23.4 Å². The largest absolute Gasteiger partial charge is 0.375 e. The van der Waals surface area contributed by atoms with E-state index in [1.54, 1.807) is 13.3 Å². The zero-order chi connectivity index (χ0) is 22.1. The summed E-state index contributed by atoms with van der Waals surface area (Å²) in [6.07, 6.45) is 3.71. The Balaban J connectivity index is 1.52. The molecule has 0 aliphatic carbocycles. The van der Waals surface area contributed by atoms with Crippen LogP contribution < -0.4 is 15.1 Å². The van der Waals surface area contributed by atoms with Crippen molar-refractivity contribution in [1.82, 2.24) is 20.1 Å². The molecule has 10 heteroatoms. The summed E-state index contributed by atoms with van der Waals surface area (Å²) in [6.45, 7) is 4.43. The molecule has 0 spiro atoms. The maximum absolute atomic E-state index is 13.6. The molecule has 0 bridgehead atoms. The molecule has 166 valence electrons. The van der Waals surface area contributed by atoms with Gasteiger partial charge in [0, 0.05) is 50.2 Å². The zero-order valence-corrected chi connectivity index (χ0v) is 18.1. The number of rotatable bonds is 6. The summed E-state index contributed by atoms with van der Waals surface area (Å²) in [7, 11) is 1.57. The van der Waals surface area contributed by atoms with Gasteiger partial charge in [-0.05, 0) is 31.9 Å². The Morgan fingerprint density at radius 1 is 1.31 bits per heavy atom. The van der Waals surface area contributed by atoms with Crippen molar-refractivity contribution in [2.24, 2.45) is 0 Å². The number of amides is 1. The molecular formula is C22H25N7O3. The molecule has 1 aromatic carbocycles. The van der Waals surface area contributed by atoms with Crippen molar-refractivity contribution in [3.63, 3.8) is 0 Å². The summed E-state index contributed by atoms with van der Waals surface area (Å²) >= 11 is 0. The topological polar surface area (TPSA) is 110 Å². The van der Waals surface area contributed by atoms with Crippen LogP contribution in [0.15, 0.2) is 35.0 Å². The number of carbonyl (C=O) groups is 1. The minimum absolute atomic E-state index is 0.109. The number of hydrogen-bond acceptors (Lipinski definition) is 9. The second-order valence-electron chi connectivity index (χ2n) is 7.86. The molecule has 1 saturated heterocycles. The lowest BCUT2D eigenvalue weighted by atomic mass is 10.1. The fraction of sp³-hybridized carbons (Fsp3) is 0.409. The van der Waals surface area contributed by atoms with E-state index in [0.717, 1.165) is 37.2 Å². The number of hydrogen-bond donors (Lipinski definition) is 1. The Bertz CT molecular complexity index is 1130. The first-order valence-corrected chi connectivity index (χ1v) is 10.8. The van der Waals surface area contributed by atoms with Gasteiger partial charge >= 0.3 is 0 Å². The number of nitrogens with zero attached hydrogens (tertiary/aromatic N) is 6. The Labute approximate surface area is 185 Å². The van der Waals surface area contributed by atoms with E-state index in [2.05, 4.69) is 30.3 Å². The average molecular weight is 435 g/mol. The number of carbonyl (C=O) groups excluding carboxylic acids is 1. The molecule has 32 heavy (non-hydrogen) atoms. The van der Waals surface area contributed by atoms with Crippen LogP contribution in [-0.4, -0.2) is 58.8 Å². The second-order valence-corrected chi connectivity index (χ2v) is 7.86. The van der Waals surface area contributed by atoms with E-state index in [0.29, 0.717) is 35.6 Å². The highest BCUT2D eigenvalue weighted by Gasteiger charge is 2.37. The zero-order valence-electron chi connectivity index (χ0n) is 18.1. The van der Waals surface area contributed by atoms with Crippen molar-refractivity contribution in [2.75, 3.05) is 41.9 Å². The van der Waals surface area contributed by atoms with Gasteiger partial charge in [-0.1, -0.05) is 17.3 Å². The van der Waals surface area contributed by atoms with Crippen LogP contribution in [0.25, 0.3) is 11.4 Å². The lowest BCUT2D eigenvalue weighted by molar-refractivity contribution is 0.0988. The van der Waals surface area contributed by atoms with E-state index in [-0.39, 0.29) is 18.6 Å². The summed E-state index contributed by atoms with van der Waals surface area (Å²) in [5.74, 6) is 2.02. The Hall–Kier alpha value is -3.53. The number of aromatic nitrogens is 4. The number of benzene rings is 1. The summed E-state index contributed by atoms with van der Waals surface area (Å²) in [5, 5.41) is 7.19. The van der Waals surface area contributed by atoms with Crippen molar-refractivity contribution in [1.29, 1.82) is 0 Å². The van der Waals surface area contributed by atoms with E-state index in [1.807, 2.05) is 36.1 Å². The Kier molecular flexibility index (Phi) is 5.44. The van der Waals surface area contributed by atoms with Gasteiger partial charge in [-0.2, -0.15) is 9.97 Å². The lowest BCUT2D eigenvalue weighted by Crippen LogP contribution is -2.39. The molecule has 2 aliphatic rings. The molecule has 4 heterocycles. The van der Waals surface area contributed by atoms with E-state index in [1.165, 1.54) is 0 Å². The van der Waals surface area contributed by atoms with Crippen LogP contribution in [0.2, 0.25) is 0 Å². The van der Waals surface area contributed by atoms with Crippen LogP contribution in [-0.2, 0) is 11.3 Å². The van der Waals surface area contributed by atoms with Gasteiger partial charge in [-0.15, -0.1) is 0 Å². The molecule has 1 unspecified atom stereocenters. The third-order valence-electron chi connectivity index (χ3n) is 5.77. The van der Waals surface area contributed by atoms with Crippen LogP contribution in [0.3, 0.4) is 0 Å². The summed E-state index contributed by atoms with van der Waals surface area (Å²) in [6, 6.07) is 7.83. The van der Waals surface area contributed by atoms with Crippen molar-refractivity contribution in [2.45, 2.75) is 32.4 Å². The predicted molar refractivity (Wildman–Crippen MR) is 119 cm³/mol.